The third-order valence-electron chi connectivity index (χ3n) is 5.58. The molecule has 2 fully saturated rings. The number of nitro groups is 1. The van der Waals surface area contributed by atoms with Crippen molar-refractivity contribution in [2.24, 2.45) is 5.10 Å². The number of nitrogens with one attached hydrogen (secondary N) is 1. The lowest BCUT2D eigenvalue weighted by atomic mass is 10.1. The molecular weight excluding hydrogens is 408 g/mol. The molecule has 32 heavy (non-hydrogen) atoms. The van der Waals surface area contributed by atoms with Crippen LogP contribution in [0.5, 0.6) is 0 Å². The Morgan fingerprint density at radius 2 is 1.56 bits per heavy atom. The fourth-order valence-corrected chi connectivity index (χ4v) is 3.91. The van der Waals surface area contributed by atoms with Crippen molar-refractivity contribution in [3.63, 3.8) is 0 Å². The molecule has 2 aromatic rings. The normalized spacial score (nSPS) is 17.2. The lowest BCUT2D eigenvalue weighted by Crippen LogP contribution is -2.34. The van der Waals surface area contributed by atoms with Gasteiger partial charge in [-0.3, -0.25) is 10.1 Å². The Labute approximate surface area is 187 Å². The van der Waals surface area contributed by atoms with Crippen molar-refractivity contribution in [2.45, 2.75) is 38.5 Å². The maximum absolute atomic E-state index is 10.9. The molecule has 0 spiro atoms. The molecule has 2 aliphatic rings. The van der Waals surface area contributed by atoms with E-state index in [9.17, 15) is 10.1 Å². The fourth-order valence-electron chi connectivity index (χ4n) is 3.91. The van der Waals surface area contributed by atoms with E-state index in [-0.39, 0.29) is 5.69 Å². The van der Waals surface area contributed by atoms with E-state index >= 15 is 0 Å². The van der Waals surface area contributed by atoms with Crippen LogP contribution in [0.15, 0.2) is 35.4 Å². The highest BCUT2D eigenvalue weighted by molar-refractivity contribution is 5.79. The molecule has 0 atom stereocenters. The molecule has 0 aliphatic carbocycles. The molecule has 1 aromatic heterocycles. The van der Waals surface area contributed by atoms with Crippen molar-refractivity contribution in [3.05, 3.63) is 46.0 Å². The number of hydrogen-bond donors (Lipinski definition) is 1. The van der Waals surface area contributed by atoms with E-state index in [0.717, 1.165) is 57.4 Å². The van der Waals surface area contributed by atoms with Gasteiger partial charge >= 0.3 is 0 Å². The Morgan fingerprint density at radius 3 is 2.16 bits per heavy atom. The van der Waals surface area contributed by atoms with Crippen LogP contribution in [0, 0.1) is 10.1 Å². The number of non-ortho nitro benzene ring substituents is 1. The van der Waals surface area contributed by atoms with Crippen LogP contribution in [0.1, 0.15) is 44.1 Å². The van der Waals surface area contributed by atoms with Crippen LogP contribution in [-0.4, -0.2) is 52.3 Å². The topological polar surface area (TPSA) is 113 Å². The van der Waals surface area contributed by atoms with Gasteiger partial charge in [0.1, 0.15) is 0 Å². The van der Waals surface area contributed by atoms with E-state index in [1.165, 1.54) is 25.0 Å². The number of nitrogens with zero attached hydrogens (tertiary/aromatic N) is 7. The zero-order valence-electron chi connectivity index (χ0n) is 18.1. The summed E-state index contributed by atoms with van der Waals surface area (Å²) in [4.78, 5) is 28.9. The summed E-state index contributed by atoms with van der Waals surface area (Å²) >= 11 is 0. The van der Waals surface area contributed by atoms with E-state index in [1.54, 1.807) is 30.5 Å². The number of nitro benzene ring substituents is 1. The quantitative estimate of drug-likeness (QED) is 0.395. The molecule has 2 aliphatic heterocycles. The monoisotopic (exact) mass is 436 g/mol. The molecule has 0 amide bonds. The van der Waals surface area contributed by atoms with Gasteiger partial charge in [-0.25, -0.2) is 5.43 Å². The number of allylic oxidation sites excluding steroid dienone is 1. The van der Waals surface area contributed by atoms with E-state index in [1.807, 2.05) is 0 Å². The first-order chi connectivity index (χ1) is 15.7. The van der Waals surface area contributed by atoms with E-state index in [0.29, 0.717) is 17.8 Å². The fraction of sp³-hybridized carbons (Fsp3) is 0.455. The molecule has 1 aromatic carbocycles. The van der Waals surface area contributed by atoms with Crippen molar-refractivity contribution < 1.29 is 4.92 Å². The Kier molecular flexibility index (Phi) is 7.21. The first-order valence-electron chi connectivity index (χ1n) is 11.2. The molecule has 1 N–H and O–H groups in total. The number of rotatable bonds is 7. The van der Waals surface area contributed by atoms with Gasteiger partial charge in [0.15, 0.2) is 0 Å². The minimum Gasteiger partial charge on any atom is -0.341 e. The van der Waals surface area contributed by atoms with Crippen LogP contribution in [0.3, 0.4) is 0 Å². The van der Waals surface area contributed by atoms with E-state index < -0.39 is 4.92 Å². The van der Waals surface area contributed by atoms with Gasteiger partial charge in [0.25, 0.3) is 5.69 Å². The minimum atomic E-state index is -0.409. The van der Waals surface area contributed by atoms with Crippen molar-refractivity contribution >= 4 is 35.8 Å². The molecule has 2 saturated heterocycles. The van der Waals surface area contributed by atoms with E-state index in [2.05, 4.69) is 30.3 Å². The number of hydrogen-bond acceptors (Lipinski definition) is 9. The summed E-state index contributed by atoms with van der Waals surface area (Å²) in [5, 5.41) is 15.1. The number of aromatic nitrogens is 3. The zero-order chi connectivity index (χ0) is 22.2. The zero-order valence-corrected chi connectivity index (χ0v) is 18.1. The van der Waals surface area contributed by atoms with Crippen molar-refractivity contribution in [1.82, 2.24) is 15.0 Å². The summed E-state index contributed by atoms with van der Waals surface area (Å²) < 4.78 is 0. The minimum absolute atomic E-state index is 0.0582. The number of anilines is 3. The highest BCUT2D eigenvalue weighted by Gasteiger charge is 2.20. The van der Waals surface area contributed by atoms with Crippen LogP contribution in [-0.2, 0) is 0 Å². The third kappa shape index (κ3) is 5.77. The summed E-state index contributed by atoms with van der Waals surface area (Å²) in [7, 11) is 0. The highest BCUT2D eigenvalue weighted by atomic mass is 16.6. The summed E-state index contributed by atoms with van der Waals surface area (Å²) in [5.74, 6) is 1.82. The lowest BCUT2D eigenvalue weighted by Gasteiger charge is -2.30. The van der Waals surface area contributed by atoms with Crippen LogP contribution in [0.25, 0.3) is 6.08 Å². The SMILES string of the molecule is O=[N+]([O-])c1cccc(/C=C/C=N\Nc2nc(N3CCCCC3)nc(N3CCCCC3)n2)c1. The predicted molar refractivity (Wildman–Crippen MR) is 126 cm³/mol. The second-order valence-corrected chi connectivity index (χ2v) is 7.96. The van der Waals surface area contributed by atoms with Gasteiger partial charge in [-0.05, 0) is 50.2 Å². The standard InChI is InChI=1S/C22H28N8O2/c31-30(32)19-11-7-9-18(17-19)10-8-12-23-27-20-24-21(28-13-3-1-4-14-28)26-22(25-20)29-15-5-2-6-16-29/h7-12,17H,1-6,13-16H2,(H,24,25,26,27)/b10-8+,23-12-. The molecule has 0 unspecified atom stereocenters. The number of piperidine rings is 2. The Balaban J connectivity index is 1.46. The molecule has 10 heteroatoms. The van der Waals surface area contributed by atoms with E-state index in [4.69, 9.17) is 4.98 Å². The number of hydrazone groups is 1. The van der Waals surface area contributed by atoms with Crippen LogP contribution in [0.4, 0.5) is 23.5 Å². The van der Waals surface area contributed by atoms with Gasteiger partial charge < -0.3 is 9.80 Å². The van der Waals surface area contributed by atoms with Crippen LogP contribution < -0.4 is 15.2 Å². The Bertz CT molecular complexity index is 945. The predicted octanol–water partition coefficient (Wildman–Crippen LogP) is 3.87. The van der Waals surface area contributed by atoms with Gasteiger partial charge in [-0.1, -0.05) is 18.2 Å². The van der Waals surface area contributed by atoms with Crippen LogP contribution in [0.2, 0.25) is 0 Å². The maximum Gasteiger partial charge on any atom is 0.270 e. The van der Waals surface area contributed by atoms with Crippen LogP contribution >= 0.6 is 0 Å². The van der Waals surface area contributed by atoms with Crippen molar-refractivity contribution in [1.29, 1.82) is 0 Å². The molecule has 0 saturated carbocycles. The molecule has 0 bridgehead atoms. The van der Waals surface area contributed by atoms with Crippen molar-refractivity contribution in [3.8, 4) is 0 Å². The van der Waals surface area contributed by atoms with Gasteiger partial charge in [-0.2, -0.15) is 20.1 Å². The molecule has 4 rings (SSSR count). The average Bonchev–Trinajstić information content (AvgIpc) is 2.85. The first-order valence-corrected chi connectivity index (χ1v) is 11.2. The second-order valence-electron chi connectivity index (χ2n) is 7.96. The summed E-state index contributed by atoms with van der Waals surface area (Å²) in [6, 6.07) is 6.43. The average molecular weight is 437 g/mol. The Morgan fingerprint density at radius 1 is 0.938 bits per heavy atom. The molecule has 10 nitrogen and oxygen atoms in total. The second kappa shape index (κ2) is 10.7. The largest absolute Gasteiger partial charge is 0.341 e. The molecule has 3 heterocycles. The maximum atomic E-state index is 10.9. The smallest absolute Gasteiger partial charge is 0.270 e. The Hall–Kier alpha value is -3.56. The third-order valence-corrected chi connectivity index (χ3v) is 5.58. The molecule has 168 valence electrons. The summed E-state index contributed by atoms with van der Waals surface area (Å²) in [6.45, 7) is 3.83. The van der Waals surface area contributed by atoms with Gasteiger partial charge in [0, 0.05) is 44.5 Å². The summed E-state index contributed by atoms with van der Waals surface area (Å²) in [6.07, 6.45) is 12.1. The van der Waals surface area contributed by atoms with Crippen molar-refractivity contribution in [2.75, 3.05) is 41.4 Å². The first kappa shape index (κ1) is 21.7. The van der Waals surface area contributed by atoms with Gasteiger partial charge in [-0.15, -0.1) is 0 Å². The molecule has 0 radical (unpaired) electrons. The van der Waals surface area contributed by atoms with Gasteiger partial charge in [0.2, 0.25) is 17.8 Å². The lowest BCUT2D eigenvalue weighted by molar-refractivity contribution is -0.384. The highest BCUT2D eigenvalue weighted by Crippen LogP contribution is 2.22. The van der Waals surface area contributed by atoms with Gasteiger partial charge in [0.05, 0.1) is 4.92 Å². The summed E-state index contributed by atoms with van der Waals surface area (Å²) in [5.41, 5.74) is 3.70. The number of benzene rings is 1. The molecular formula is C22H28N8O2.